The van der Waals surface area contributed by atoms with Crippen LogP contribution in [0.3, 0.4) is 0 Å². The topological polar surface area (TPSA) is 38.0 Å². The second kappa shape index (κ2) is 5.09. The van der Waals surface area contributed by atoms with Gasteiger partial charge < -0.3 is 11.1 Å². The van der Waals surface area contributed by atoms with Gasteiger partial charge in [0.05, 0.1) is 0 Å². The zero-order valence-corrected chi connectivity index (χ0v) is 11.0. The SMILES string of the molecule is Cc1cccc(NC2(CN)CCC(C)CC2)c1. The Morgan fingerprint density at radius 2 is 2.06 bits per heavy atom. The Morgan fingerprint density at radius 3 is 2.65 bits per heavy atom. The number of nitrogens with two attached hydrogens (primary N) is 1. The third-order valence-electron chi connectivity index (χ3n) is 4.05. The number of hydrogen-bond acceptors (Lipinski definition) is 2. The molecule has 0 saturated heterocycles. The normalized spacial score (nSPS) is 29.0. The summed E-state index contributed by atoms with van der Waals surface area (Å²) in [6, 6.07) is 8.58. The van der Waals surface area contributed by atoms with Crippen molar-refractivity contribution in [1.82, 2.24) is 0 Å². The first-order valence-electron chi connectivity index (χ1n) is 6.68. The lowest BCUT2D eigenvalue weighted by molar-refractivity contribution is 0.272. The van der Waals surface area contributed by atoms with Crippen molar-refractivity contribution in [2.45, 2.75) is 45.1 Å². The Morgan fingerprint density at radius 1 is 1.35 bits per heavy atom. The molecule has 0 spiro atoms. The largest absolute Gasteiger partial charge is 0.378 e. The maximum Gasteiger partial charge on any atom is 0.0495 e. The highest BCUT2D eigenvalue weighted by atomic mass is 15.0. The van der Waals surface area contributed by atoms with Crippen LogP contribution in [0, 0.1) is 12.8 Å². The van der Waals surface area contributed by atoms with E-state index in [2.05, 4.69) is 43.4 Å². The van der Waals surface area contributed by atoms with Crippen LogP contribution in [0.5, 0.6) is 0 Å². The van der Waals surface area contributed by atoms with E-state index in [0.29, 0.717) is 0 Å². The van der Waals surface area contributed by atoms with Crippen molar-refractivity contribution in [3.8, 4) is 0 Å². The van der Waals surface area contributed by atoms with E-state index in [0.717, 1.165) is 12.5 Å². The Labute approximate surface area is 105 Å². The van der Waals surface area contributed by atoms with Gasteiger partial charge in [-0.15, -0.1) is 0 Å². The van der Waals surface area contributed by atoms with Crippen LogP contribution in [-0.4, -0.2) is 12.1 Å². The number of rotatable bonds is 3. The summed E-state index contributed by atoms with van der Waals surface area (Å²) in [4.78, 5) is 0. The molecule has 1 aromatic carbocycles. The molecule has 0 radical (unpaired) electrons. The van der Waals surface area contributed by atoms with Crippen molar-refractivity contribution in [1.29, 1.82) is 0 Å². The van der Waals surface area contributed by atoms with E-state index in [9.17, 15) is 0 Å². The molecule has 1 saturated carbocycles. The number of aryl methyl sites for hydroxylation is 1. The second-order valence-electron chi connectivity index (χ2n) is 5.66. The van der Waals surface area contributed by atoms with E-state index in [-0.39, 0.29) is 5.54 Å². The molecule has 0 amide bonds. The summed E-state index contributed by atoms with van der Waals surface area (Å²) in [7, 11) is 0. The summed E-state index contributed by atoms with van der Waals surface area (Å²) < 4.78 is 0. The molecular formula is C15H24N2. The average Bonchev–Trinajstić information content (AvgIpc) is 2.33. The molecule has 0 heterocycles. The smallest absolute Gasteiger partial charge is 0.0495 e. The number of hydrogen-bond donors (Lipinski definition) is 2. The van der Waals surface area contributed by atoms with Gasteiger partial charge in [-0.25, -0.2) is 0 Å². The first-order chi connectivity index (χ1) is 8.13. The molecule has 1 fully saturated rings. The molecule has 0 atom stereocenters. The zero-order valence-electron chi connectivity index (χ0n) is 11.0. The van der Waals surface area contributed by atoms with Crippen molar-refractivity contribution in [2.75, 3.05) is 11.9 Å². The number of nitrogens with one attached hydrogen (secondary N) is 1. The molecule has 0 aromatic heterocycles. The molecule has 2 heteroatoms. The molecule has 17 heavy (non-hydrogen) atoms. The highest BCUT2D eigenvalue weighted by Crippen LogP contribution is 2.34. The Balaban J connectivity index is 2.09. The maximum absolute atomic E-state index is 6.01. The summed E-state index contributed by atoms with van der Waals surface area (Å²) in [5, 5.41) is 3.68. The average molecular weight is 232 g/mol. The van der Waals surface area contributed by atoms with Gasteiger partial charge in [0.25, 0.3) is 0 Å². The van der Waals surface area contributed by atoms with Crippen molar-refractivity contribution >= 4 is 5.69 Å². The molecule has 2 nitrogen and oxygen atoms in total. The third-order valence-corrected chi connectivity index (χ3v) is 4.05. The standard InChI is InChI=1S/C15H24N2/c1-12-6-8-15(11-16,9-7-12)17-14-5-3-4-13(2)10-14/h3-5,10,12,17H,6-9,11,16H2,1-2H3. The van der Waals surface area contributed by atoms with Crippen molar-refractivity contribution in [3.05, 3.63) is 29.8 Å². The second-order valence-corrected chi connectivity index (χ2v) is 5.66. The van der Waals surface area contributed by atoms with Gasteiger partial charge in [-0.3, -0.25) is 0 Å². The van der Waals surface area contributed by atoms with Crippen molar-refractivity contribution < 1.29 is 0 Å². The van der Waals surface area contributed by atoms with E-state index >= 15 is 0 Å². The van der Waals surface area contributed by atoms with Crippen LogP contribution in [0.1, 0.15) is 38.2 Å². The van der Waals surface area contributed by atoms with Crippen LogP contribution >= 0.6 is 0 Å². The number of anilines is 1. The minimum absolute atomic E-state index is 0.125. The lowest BCUT2D eigenvalue weighted by Crippen LogP contribution is -2.48. The summed E-state index contributed by atoms with van der Waals surface area (Å²) in [6.07, 6.45) is 4.96. The van der Waals surface area contributed by atoms with Crippen LogP contribution in [0.2, 0.25) is 0 Å². The van der Waals surface area contributed by atoms with Crippen molar-refractivity contribution in [3.63, 3.8) is 0 Å². The third kappa shape index (κ3) is 3.01. The maximum atomic E-state index is 6.01. The minimum atomic E-state index is 0.125. The van der Waals surface area contributed by atoms with E-state index in [1.165, 1.54) is 36.9 Å². The molecule has 1 aliphatic rings. The fourth-order valence-corrected chi connectivity index (χ4v) is 2.72. The van der Waals surface area contributed by atoms with E-state index in [1.54, 1.807) is 0 Å². The highest BCUT2D eigenvalue weighted by molar-refractivity contribution is 5.48. The van der Waals surface area contributed by atoms with Gasteiger partial charge in [-0.2, -0.15) is 0 Å². The van der Waals surface area contributed by atoms with Gasteiger partial charge in [-0.05, 0) is 56.2 Å². The highest BCUT2D eigenvalue weighted by Gasteiger charge is 2.32. The fourth-order valence-electron chi connectivity index (χ4n) is 2.72. The summed E-state index contributed by atoms with van der Waals surface area (Å²) in [5.74, 6) is 0.856. The predicted molar refractivity (Wildman–Crippen MR) is 74.2 cm³/mol. The van der Waals surface area contributed by atoms with Crippen LogP contribution in [0.15, 0.2) is 24.3 Å². The van der Waals surface area contributed by atoms with Gasteiger partial charge in [-0.1, -0.05) is 19.1 Å². The first kappa shape index (κ1) is 12.4. The Kier molecular flexibility index (Phi) is 3.72. The monoisotopic (exact) mass is 232 g/mol. The Bertz CT molecular complexity index is 365. The summed E-state index contributed by atoms with van der Waals surface area (Å²) in [6.45, 7) is 5.20. The quantitative estimate of drug-likeness (QED) is 0.839. The number of benzene rings is 1. The molecule has 0 bridgehead atoms. The molecule has 2 rings (SSSR count). The van der Waals surface area contributed by atoms with E-state index < -0.39 is 0 Å². The molecule has 3 N–H and O–H groups in total. The van der Waals surface area contributed by atoms with Crippen molar-refractivity contribution in [2.24, 2.45) is 11.7 Å². The predicted octanol–water partition coefficient (Wildman–Crippen LogP) is 3.31. The molecule has 1 aromatic rings. The minimum Gasteiger partial charge on any atom is -0.378 e. The molecule has 0 unspecified atom stereocenters. The van der Waals surface area contributed by atoms with E-state index in [1.807, 2.05) is 0 Å². The fraction of sp³-hybridized carbons (Fsp3) is 0.600. The zero-order chi connectivity index (χ0) is 12.3. The van der Waals surface area contributed by atoms with Gasteiger partial charge in [0, 0.05) is 17.8 Å². The molecule has 94 valence electrons. The van der Waals surface area contributed by atoms with E-state index in [4.69, 9.17) is 5.73 Å². The molecule has 0 aliphatic heterocycles. The van der Waals surface area contributed by atoms with Gasteiger partial charge in [0.2, 0.25) is 0 Å². The first-order valence-corrected chi connectivity index (χ1v) is 6.68. The van der Waals surface area contributed by atoms with Gasteiger partial charge >= 0.3 is 0 Å². The summed E-state index contributed by atoms with van der Waals surface area (Å²) in [5.41, 5.74) is 8.64. The van der Waals surface area contributed by atoms with Gasteiger partial charge in [0.15, 0.2) is 0 Å². The van der Waals surface area contributed by atoms with Gasteiger partial charge in [0.1, 0.15) is 0 Å². The summed E-state index contributed by atoms with van der Waals surface area (Å²) >= 11 is 0. The van der Waals surface area contributed by atoms with Crippen LogP contribution < -0.4 is 11.1 Å². The van der Waals surface area contributed by atoms with Crippen LogP contribution in [0.25, 0.3) is 0 Å². The molecule has 1 aliphatic carbocycles. The molecular weight excluding hydrogens is 208 g/mol. The van der Waals surface area contributed by atoms with Crippen LogP contribution in [0.4, 0.5) is 5.69 Å². The lowest BCUT2D eigenvalue weighted by Gasteiger charge is -2.40. The lowest BCUT2D eigenvalue weighted by atomic mass is 9.77. The van der Waals surface area contributed by atoms with Crippen LogP contribution in [-0.2, 0) is 0 Å². The Hall–Kier alpha value is -1.02.